The smallest absolute Gasteiger partial charge is 0.288 e. The molecule has 1 aliphatic heterocycles. The number of carbonyl (C=O) groups is 1. The van der Waals surface area contributed by atoms with Gasteiger partial charge in [0, 0.05) is 24.8 Å². The molecule has 0 radical (unpaired) electrons. The molecule has 1 unspecified atom stereocenters. The number of aryl methyl sites for hydroxylation is 1. The largest absolute Gasteiger partial charge is 0.421 e. The summed E-state index contributed by atoms with van der Waals surface area (Å²) in [6, 6.07) is 6.56. The van der Waals surface area contributed by atoms with Gasteiger partial charge in [-0.2, -0.15) is 13.2 Å². The Balaban J connectivity index is 2.56. The Morgan fingerprint density at radius 3 is 2.23 bits per heavy atom. The summed E-state index contributed by atoms with van der Waals surface area (Å²) in [6.07, 6.45) is -3.18. The number of nitrogens with zero attached hydrogens (tertiary/aromatic N) is 1. The maximum atomic E-state index is 13.9. The molecular weight excluding hydrogens is 311 g/mol. The summed E-state index contributed by atoms with van der Waals surface area (Å²) in [7, 11) is 0. The Morgan fingerprint density at radius 1 is 1.23 bits per heavy atom. The van der Waals surface area contributed by atoms with Gasteiger partial charge in [0.25, 0.3) is 0 Å². The van der Waals surface area contributed by atoms with Gasteiger partial charge in [-0.05, 0) is 26.0 Å². The van der Waals surface area contributed by atoms with Crippen molar-refractivity contribution in [3.63, 3.8) is 0 Å². The van der Waals surface area contributed by atoms with Gasteiger partial charge in [-0.1, -0.05) is 29.3 Å². The van der Waals surface area contributed by atoms with Crippen LogP contribution >= 0.6 is 11.8 Å². The van der Waals surface area contributed by atoms with E-state index in [1.807, 2.05) is 6.92 Å². The zero-order valence-corrected chi connectivity index (χ0v) is 13.5. The number of halogens is 3. The molecule has 120 valence electrons. The highest BCUT2D eigenvalue weighted by Crippen LogP contribution is 2.51. The van der Waals surface area contributed by atoms with E-state index in [2.05, 4.69) is 0 Å². The van der Waals surface area contributed by atoms with Crippen LogP contribution in [0.15, 0.2) is 35.9 Å². The third-order valence-corrected chi connectivity index (χ3v) is 5.33. The maximum Gasteiger partial charge on any atom is 0.421 e. The lowest BCUT2D eigenvalue weighted by atomic mass is 10.1. The van der Waals surface area contributed by atoms with Gasteiger partial charge < -0.3 is 0 Å². The number of hydrogen-bond donors (Lipinski definition) is 0. The lowest BCUT2D eigenvalue weighted by molar-refractivity contribution is -0.162. The van der Waals surface area contributed by atoms with Crippen LogP contribution in [0.3, 0.4) is 0 Å². The molecule has 0 spiro atoms. The highest BCUT2D eigenvalue weighted by molar-refractivity contribution is 8.01. The van der Waals surface area contributed by atoms with Crippen molar-refractivity contribution in [1.29, 1.82) is 0 Å². The maximum absolute atomic E-state index is 13.9. The molecule has 1 aliphatic rings. The minimum atomic E-state index is -4.52. The zero-order chi connectivity index (χ0) is 16.5. The molecule has 0 aromatic heterocycles. The van der Waals surface area contributed by atoms with Gasteiger partial charge in [-0.15, -0.1) is 11.8 Å². The summed E-state index contributed by atoms with van der Waals surface area (Å²) in [6.45, 7) is 4.83. The van der Waals surface area contributed by atoms with Gasteiger partial charge in [-0.3, -0.25) is 9.69 Å². The minimum Gasteiger partial charge on any atom is -0.288 e. The number of rotatable bonds is 2. The van der Waals surface area contributed by atoms with Crippen molar-refractivity contribution in [3.05, 3.63) is 41.5 Å². The molecule has 0 saturated carbocycles. The second kappa shape index (κ2) is 5.99. The van der Waals surface area contributed by atoms with E-state index in [0.717, 1.165) is 27.8 Å². The molecule has 2 nitrogen and oxygen atoms in total. The van der Waals surface area contributed by atoms with Crippen LogP contribution in [-0.4, -0.2) is 22.7 Å². The van der Waals surface area contributed by atoms with Crippen molar-refractivity contribution in [1.82, 2.24) is 0 Å². The van der Waals surface area contributed by atoms with Crippen LogP contribution in [0.4, 0.5) is 18.9 Å². The molecule has 6 heteroatoms. The predicted octanol–water partition coefficient (Wildman–Crippen LogP) is 4.69. The first-order chi connectivity index (χ1) is 10.2. The van der Waals surface area contributed by atoms with E-state index in [9.17, 15) is 18.0 Å². The van der Waals surface area contributed by atoms with Crippen LogP contribution in [0.5, 0.6) is 0 Å². The first-order valence-corrected chi connectivity index (χ1v) is 7.90. The normalized spacial score (nSPS) is 22.2. The van der Waals surface area contributed by atoms with Gasteiger partial charge >= 0.3 is 6.18 Å². The zero-order valence-electron chi connectivity index (χ0n) is 12.7. The number of alkyl halides is 3. The van der Waals surface area contributed by atoms with Gasteiger partial charge in [0.15, 0.2) is 4.87 Å². The van der Waals surface area contributed by atoms with Crippen LogP contribution in [-0.2, 0) is 4.79 Å². The summed E-state index contributed by atoms with van der Waals surface area (Å²) >= 11 is 0.773. The van der Waals surface area contributed by atoms with Gasteiger partial charge in [0.2, 0.25) is 5.91 Å². The molecule has 1 heterocycles. The Morgan fingerprint density at radius 2 is 1.82 bits per heavy atom. The SMILES string of the molecule is CC(=O)N(c1ccc(C)cc1)C1(C(F)(F)F)CC=C(C)CS1. The Hall–Kier alpha value is -1.43. The molecule has 0 aliphatic carbocycles. The average molecular weight is 329 g/mol. The molecule has 0 N–H and O–H groups in total. The molecule has 1 amide bonds. The third-order valence-electron chi connectivity index (χ3n) is 3.68. The summed E-state index contributed by atoms with van der Waals surface area (Å²) in [5.41, 5.74) is 2.11. The molecule has 2 rings (SSSR count). The van der Waals surface area contributed by atoms with Crippen LogP contribution in [0.25, 0.3) is 0 Å². The number of hydrogen-bond acceptors (Lipinski definition) is 2. The number of thioether (sulfide) groups is 1. The van der Waals surface area contributed by atoms with Crippen molar-refractivity contribution in [2.45, 2.75) is 38.2 Å². The molecule has 1 aromatic carbocycles. The monoisotopic (exact) mass is 329 g/mol. The predicted molar refractivity (Wildman–Crippen MR) is 84.0 cm³/mol. The fourth-order valence-electron chi connectivity index (χ4n) is 2.48. The Bertz CT molecular complexity index is 594. The number of amides is 1. The third kappa shape index (κ3) is 3.02. The van der Waals surface area contributed by atoms with E-state index in [0.29, 0.717) is 0 Å². The minimum absolute atomic E-state index is 0.236. The standard InChI is InChI=1S/C16H18F3NOS/c1-11-4-6-14(7-5-11)20(13(3)21)15(16(17,18)19)9-8-12(2)10-22-15/h4-8H,9-10H2,1-3H3. The van der Waals surface area contributed by atoms with Crippen LogP contribution in [0, 0.1) is 6.92 Å². The van der Waals surface area contributed by atoms with Gasteiger partial charge in [0.1, 0.15) is 0 Å². The summed E-state index contributed by atoms with van der Waals surface area (Å²) in [5, 5.41) is 0. The first kappa shape index (κ1) is 16.9. The van der Waals surface area contributed by atoms with Crippen molar-refractivity contribution in [3.8, 4) is 0 Å². The van der Waals surface area contributed by atoms with E-state index >= 15 is 0 Å². The van der Waals surface area contributed by atoms with Crippen molar-refractivity contribution < 1.29 is 18.0 Å². The van der Waals surface area contributed by atoms with E-state index in [1.54, 1.807) is 37.3 Å². The molecule has 22 heavy (non-hydrogen) atoms. The molecule has 0 saturated heterocycles. The molecular formula is C16H18F3NOS. The summed E-state index contributed by atoms with van der Waals surface area (Å²) < 4.78 is 41.6. The second-order valence-corrected chi connectivity index (χ2v) is 6.77. The van der Waals surface area contributed by atoms with E-state index < -0.39 is 17.0 Å². The first-order valence-electron chi connectivity index (χ1n) is 6.91. The van der Waals surface area contributed by atoms with Crippen LogP contribution in [0.2, 0.25) is 0 Å². The second-order valence-electron chi connectivity index (χ2n) is 5.52. The molecule has 0 bridgehead atoms. The quantitative estimate of drug-likeness (QED) is 0.734. The summed E-state index contributed by atoms with van der Waals surface area (Å²) in [5.74, 6) is -0.351. The molecule has 1 aromatic rings. The van der Waals surface area contributed by atoms with Gasteiger partial charge in [0.05, 0.1) is 0 Å². The van der Waals surface area contributed by atoms with Crippen LogP contribution < -0.4 is 4.90 Å². The molecule has 0 fully saturated rings. The lowest BCUT2D eigenvalue weighted by Gasteiger charge is -2.45. The molecule has 1 atom stereocenters. The lowest BCUT2D eigenvalue weighted by Crippen LogP contribution is -2.59. The van der Waals surface area contributed by atoms with E-state index in [-0.39, 0.29) is 17.9 Å². The Kier molecular flexibility index (Phi) is 4.61. The summed E-state index contributed by atoms with van der Waals surface area (Å²) in [4.78, 5) is 10.7. The highest BCUT2D eigenvalue weighted by Gasteiger charge is 2.60. The highest BCUT2D eigenvalue weighted by atomic mass is 32.2. The number of anilines is 1. The Labute approximate surface area is 132 Å². The van der Waals surface area contributed by atoms with Crippen molar-refractivity contribution in [2.24, 2.45) is 0 Å². The van der Waals surface area contributed by atoms with Gasteiger partial charge in [-0.25, -0.2) is 0 Å². The topological polar surface area (TPSA) is 20.3 Å². The van der Waals surface area contributed by atoms with Crippen molar-refractivity contribution in [2.75, 3.05) is 10.7 Å². The van der Waals surface area contributed by atoms with Crippen molar-refractivity contribution >= 4 is 23.4 Å². The van der Waals surface area contributed by atoms with E-state index in [4.69, 9.17) is 0 Å². The number of carbonyl (C=O) groups excluding carboxylic acids is 1. The van der Waals surface area contributed by atoms with Crippen LogP contribution in [0.1, 0.15) is 25.8 Å². The average Bonchev–Trinajstić information content (AvgIpc) is 2.42. The van der Waals surface area contributed by atoms with E-state index in [1.165, 1.54) is 6.92 Å². The number of benzene rings is 1. The fraction of sp³-hybridized carbons (Fsp3) is 0.438. The fourth-order valence-corrected chi connectivity index (χ4v) is 3.79.